The van der Waals surface area contributed by atoms with E-state index in [9.17, 15) is 24.0 Å². The quantitative estimate of drug-likeness (QED) is 0.177. The fraction of sp³-hybridized carbons (Fsp3) is 0.583. The van der Waals surface area contributed by atoms with Crippen molar-refractivity contribution in [3.05, 3.63) is 0 Å². The van der Waals surface area contributed by atoms with Gasteiger partial charge in [-0.05, 0) is 12.8 Å². The van der Waals surface area contributed by atoms with Crippen LogP contribution >= 0.6 is 0 Å². The summed E-state index contributed by atoms with van der Waals surface area (Å²) in [5, 5.41) is 9.53. The molecule has 0 aliphatic rings. The van der Waals surface area contributed by atoms with E-state index in [1.165, 1.54) is 0 Å². The number of hydrogen-bond acceptors (Lipinski definition) is 5. The molecule has 8 N–H and O–H groups in total. The number of nitrogens with two attached hydrogens (primary N) is 2. The van der Waals surface area contributed by atoms with Crippen molar-refractivity contribution in [2.24, 2.45) is 11.5 Å². The molecule has 0 spiro atoms. The fourth-order valence-corrected chi connectivity index (χ4v) is 1.44. The molecule has 11 nitrogen and oxygen atoms in total. The van der Waals surface area contributed by atoms with Crippen LogP contribution in [-0.4, -0.2) is 55.8 Å². The van der Waals surface area contributed by atoms with Crippen LogP contribution in [0.3, 0.4) is 0 Å². The Bertz CT molecular complexity index is 442. The first-order valence-corrected chi connectivity index (χ1v) is 6.94. The number of carbonyl (C=O) groups is 5. The molecule has 0 bridgehead atoms. The minimum absolute atomic E-state index is 0.187. The zero-order chi connectivity index (χ0) is 17.7. The molecule has 0 aromatic carbocycles. The van der Waals surface area contributed by atoms with Crippen molar-refractivity contribution in [3.63, 3.8) is 0 Å². The molecule has 0 rings (SSSR count). The van der Waals surface area contributed by atoms with E-state index in [0.717, 1.165) is 0 Å². The lowest BCUT2D eigenvalue weighted by Crippen LogP contribution is -2.48. The summed E-state index contributed by atoms with van der Waals surface area (Å²) in [4.78, 5) is 54.3. The molecule has 6 amide bonds. The van der Waals surface area contributed by atoms with E-state index in [1.807, 2.05) is 0 Å². The van der Waals surface area contributed by atoms with Gasteiger partial charge in [0.15, 0.2) is 0 Å². The minimum Gasteiger partial charge on any atom is -0.368 e. The van der Waals surface area contributed by atoms with Crippen molar-refractivity contribution < 1.29 is 24.0 Å². The molecule has 130 valence electrons. The lowest BCUT2D eigenvalue weighted by molar-refractivity contribution is -0.121. The Morgan fingerprint density at radius 2 is 1.48 bits per heavy atom. The van der Waals surface area contributed by atoms with Crippen molar-refractivity contribution in [1.29, 1.82) is 0 Å². The summed E-state index contributed by atoms with van der Waals surface area (Å²) in [7, 11) is 0. The molecule has 0 fully saturated rings. The minimum atomic E-state index is -1.04. The van der Waals surface area contributed by atoms with E-state index in [1.54, 1.807) is 0 Å². The Morgan fingerprint density at radius 3 is 1.96 bits per heavy atom. The molecular formula is C12H22N6O5. The summed E-state index contributed by atoms with van der Waals surface area (Å²) >= 11 is 0. The Labute approximate surface area is 132 Å². The number of aldehydes is 1. The molecule has 0 saturated heterocycles. The fourth-order valence-electron chi connectivity index (χ4n) is 1.44. The average Bonchev–Trinajstić information content (AvgIpc) is 2.48. The van der Waals surface area contributed by atoms with E-state index >= 15 is 0 Å². The van der Waals surface area contributed by atoms with Crippen molar-refractivity contribution >= 4 is 30.2 Å². The molecular weight excluding hydrogens is 308 g/mol. The van der Waals surface area contributed by atoms with Gasteiger partial charge in [-0.1, -0.05) is 0 Å². The smallest absolute Gasteiger partial charge is 0.315 e. The molecule has 0 saturated carbocycles. The molecule has 1 atom stereocenters. The zero-order valence-corrected chi connectivity index (χ0v) is 12.6. The summed E-state index contributed by atoms with van der Waals surface area (Å²) in [6.07, 6.45) is 1.45. The maximum Gasteiger partial charge on any atom is 0.315 e. The first-order valence-electron chi connectivity index (χ1n) is 6.94. The van der Waals surface area contributed by atoms with Crippen LogP contribution in [0.15, 0.2) is 0 Å². The van der Waals surface area contributed by atoms with Gasteiger partial charge < -0.3 is 37.5 Å². The van der Waals surface area contributed by atoms with Gasteiger partial charge in [-0.25, -0.2) is 9.59 Å². The van der Waals surface area contributed by atoms with Crippen molar-refractivity contribution in [3.8, 4) is 0 Å². The summed E-state index contributed by atoms with van der Waals surface area (Å²) in [6.45, 7) is 0.418. The number of hydrogen-bond donors (Lipinski definition) is 6. The van der Waals surface area contributed by atoms with E-state index in [4.69, 9.17) is 11.5 Å². The molecule has 11 heteroatoms. The highest BCUT2D eigenvalue weighted by molar-refractivity contribution is 5.87. The predicted molar refractivity (Wildman–Crippen MR) is 80.0 cm³/mol. The number of nitrogens with one attached hydrogen (secondary N) is 4. The highest BCUT2D eigenvalue weighted by Gasteiger charge is 2.16. The molecule has 0 heterocycles. The normalized spacial score (nSPS) is 11.0. The van der Waals surface area contributed by atoms with Crippen LogP contribution in [0.2, 0.25) is 0 Å². The third-order valence-corrected chi connectivity index (χ3v) is 2.58. The summed E-state index contributed by atoms with van der Waals surface area (Å²) < 4.78 is 0. The number of primary amides is 2. The lowest BCUT2D eigenvalue weighted by atomic mass is 10.2. The number of urea groups is 2. The number of carbonyl (C=O) groups excluding carboxylic acids is 5. The van der Waals surface area contributed by atoms with Crippen LogP contribution in [0.1, 0.15) is 19.3 Å². The second-order valence-electron chi connectivity index (χ2n) is 4.54. The lowest BCUT2D eigenvalue weighted by Gasteiger charge is -2.13. The van der Waals surface area contributed by atoms with Gasteiger partial charge in [-0.15, -0.1) is 0 Å². The number of amides is 6. The van der Waals surface area contributed by atoms with E-state index in [2.05, 4.69) is 21.3 Å². The maximum absolute atomic E-state index is 11.5. The van der Waals surface area contributed by atoms with E-state index in [-0.39, 0.29) is 13.0 Å². The Kier molecular flexibility index (Phi) is 10.3. The monoisotopic (exact) mass is 330 g/mol. The molecule has 23 heavy (non-hydrogen) atoms. The van der Waals surface area contributed by atoms with Gasteiger partial charge in [0.05, 0.1) is 6.54 Å². The molecule has 0 aromatic rings. The summed E-state index contributed by atoms with van der Waals surface area (Å²) in [5.74, 6) is -1.43. The molecule has 0 aliphatic heterocycles. The van der Waals surface area contributed by atoms with Gasteiger partial charge >= 0.3 is 12.1 Å². The second kappa shape index (κ2) is 11.8. The van der Waals surface area contributed by atoms with Gasteiger partial charge in [0.2, 0.25) is 11.8 Å². The van der Waals surface area contributed by atoms with Crippen LogP contribution in [0.5, 0.6) is 0 Å². The van der Waals surface area contributed by atoms with Crippen LogP contribution in [0, 0.1) is 0 Å². The Balaban J connectivity index is 3.69. The summed E-state index contributed by atoms with van der Waals surface area (Å²) in [6, 6.07) is -2.15. The van der Waals surface area contributed by atoms with Gasteiger partial charge in [0, 0.05) is 19.5 Å². The molecule has 0 radical (unpaired) electrons. The predicted octanol–water partition coefficient (Wildman–Crippen LogP) is -2.71. The van der Waals surface area contributed by atoms with Gasteiger partial charge in [0.25, 0.3) is 0 Å². The van der Waals surface area contributed by atoms with Crippen LogP contribution in [-0.2, 0) is 14.4 Å². The Morgan fingerprint density at radius 1 is 0.913 bits per heavy atom. The summed E-state index contributed by atoms with van der Waals surface area (Å²) in [5.41, 5.74) is 9.88. The van der Waals surface area contributed by atoms with E-state index in [0.29, 0.717) is 32.2 Å². The highest BCUT2D eigenvalue weighted by atomic mass is 16.2. The highest BCUT2D eigenvalue weighted by Crippen LogP contribution is 1.89. The first kappa shape index (κ1) is 20.1. The van der Waals surface area contributed by atoms with Gasteiger partial charge in [-0.3, -0.25) is 9.59 Å². The van der Waals surface area contributed by atoms with Gasteiger partial charge in [0.1, 0.15) is 12.3 Å². The Hall–Kier alpha value is -2.85. The number of rotatable bonds is 11. The van der Waals surface area contributed by atoms with Gasteiger partial charge in [-0.2, -0.15) is 0 Å². The second-order valence-corrected chi connectivity index (χ2v) is 4.54. The third kappa shape index (κ3) is 11.5. The van der Waals surface area contributed by atoms with E-state index < -0.39 is 29.9 Å². The molecule has 1 unspecified atom stereocenters. The topological polar surface area (TPSA) is 186 Å². The zero-order valence-electron chi connectivity index (χ0n) is 12.6. The molecule has 0 aromatic heterocycles. The van der Waals surface area contributed by atoms with Crippen LogP contribution in [0.25, 0.3) is 0 Å². The van der Waals surface area contributed by atoms with Crippen LogP contribution in [0.4, 0.5) is 9.59 Å². The van der Waals surface area contributed by atoms with Crippen molar-refractivity contribution in [2.45, 2.75) is 25.3 Å². The maximum atomic E-state index is 11.5. The average molecular weight is 330 g/mol. The van der Waals surface area contributed by atoms with Crippen molar-refractivity contribution in [1.82, 2.24) is 21.3 Å². The largest absolute Gasteiger partial charge is 0.368 e. The SMILES string of the molecule is NC(=O)CNC(=O)NCCCCNC(=O)NC(CC=O)C(N)=O. The third-order valence-electron chi connectivity index (χ3n) is 2.58. The standard InChI is InChI=1S/C12H22N6O5/c13-9(20)7-17-11(22)15-4-1-2-5-16-12(23)18-8(3-6-19)10(14)21/h6,8H,1-5,7H2,(H2,13,20)(H2,14,21)(H2,15,17,22)(H2,16,18,23). The number of unbranched alkanes of at least 4 members (excludes halogenated alkanes) is 1. The van der Waals surface area contributed by atoms with Crippen LogP contribution < -0.4 is 32.7 Å². The van der Waals surface area contributed by atoms with Crippen molar-refractivity contribution in [2.75, 3.05) is 19.6 Å². The molecule has 0 aliphatic carbocycles. The first-order chi connectivity index (χ1) is 10.9.